The van der Waals surface area contributed by atoms with Crippen molar-refractivity contribution in [3.05, 3.63) is 74.6 Å². The van der Waals surface area contributed by atoms with Crippen LogP contribution in [0.15, 0.2) is 57.7 Å². The number of ether oxygens (including phenoxy) is 1. The van der Waals surface area contributed by atoms with E-state index in [1.54, 1.807) is 18.2 Å². The largest absolute Gasteiger partial charge is 0.423 e. The molecule has 0 aliphatic heterocycles. The molecular weight excluding hydrogens is 327 g/mol. The first-order valence-electron chi connectivity index (χ1n) is 6.24. The summed E-state index contributed by atoms with van der Waals surface area (Å²) >= 11 is 11.7. The first-order valence-corrected chi connectivity index (χ1v) is 7.00. The molecule has 1 heterocycles. The van der Waals surface area contributed by atoms with Gasteiger partial charge in [-0.1, -0.05) is 23.2 Å². The summed E-state index contributed by atoms with van der Waals surface area (Å²) in [4.78, 5) is 23.3. The minimum absolute atomic E-state index is 0.262. The second-order valence-corrected chi connectivity index (χ2v) is 5.29. The molecule has 1 aromatic heterocycles. The number of benzene rings is 2. The van der Waals surface area contributed by atoms with Crippen LogP contribution in [0.25, 0.3) is 11.0 Å². The summed E-state index contributed by atoms with van der Waals surface area (Å²) in [5.41, 5.74) is 0.136. The van der Waals surface area contributed by atoms with E-state index < -0.39 is 11.6 Å². The molecular formula is C16H8Cl2O4. The Labute approximate surface area is 134 Å². The summed E-state index contributed by atoms with van der Waals surface area (Å²) in [6, 6.07) is 12.2. The fourth-order valence-corrected chi connectivity index (χ4v) is 2.19. The van der Waals surface area contributed by atoms with Crippen LogP contribution in [-0.2, 0) is 0 Å². The highest BCUT2D eigenvalue weighted by molar-refractivity contribution is 6.42. The van der Waals surface area contributed by atoms with Gasteiger partial charge in [-0.25, -0.2) is 9.59 Å². The van der Waals surface area contributed by atoms with E-state index in [1.807, 2.05) is 0 Å². The van der Waals surface area contributed by atoms with Crippen LogP contribution in [0.2, 0.25) is 10.0 Å². The average Bonchev–Trinajstić information content (AvgIpc) is 2.49. The molecule has 3 rings (SSSR count). The van der Waals surface area contributed by atoms with Crippen LogP contribution in [0.4, 0.5) is 0 Å². The molecule has 0 bridgehead atoms. The van der Waals surface area contributed by atoms with E-state index in [1.165, 1.54) is 30.3 Å². The van der Waals surface area contributed by atoms with Crippen LogP contribution in [0, 0.1) is 0 Å². The van der Waals surface area contributed by atoms with Gasteiger partial charge in [0.25, 0.3) is 0 Å². The Bertz CT molecular complexity index is 931. The molecule has 0 aliphatic carbocycles. The van der Waals surface area contributed by atoms with E-state index >= 15 is 0 Å². The van der Waals surface area contributed by atoms with E-state index in [9.17, 15) is 9.59 Å². The van der Waals surface area contributed by atoms with Crippen LogP contribution < -0.4 is 10.4 Å². The number of hydrogen-bond acceptors (Lipinski definition) is 4. The van der Waals surface area contributed by atoms with E-state index in [0.717, 1.165) is 5.39 Å². The van der Waals surface area contributed by atoms with Gasteiger partial charge < -0.3 is 9.15 Å². The molecule has 0 atom stereocenters. The molecule has 0 unspecified atom stereocenters. The fraction of sp³-hybridized carbons (Fsp3) is 0. The van der Waals surface area contributed by atoms with Gasteiger partial charge in [0.15, 0.2) is 0 Å². The van der Waals surface area contributed by atoms with Crippen molar-refractivity contribution in [1.82, 2.24) is 0 Å². The molecule has 110 valence electrons. The van der Waals surface area contributed by atoms with Gasteiger partial charge in [-0.2, -0.15) is 0 Å². The molecule has 0 amide bonds. The average molecular weight is 335 g/mol. The van der Waals surface area contributed by atoms with E-state index in [0.29, 0.717) is 10.6 Å². The summed E-state index contributed by atoms with van der Waals surface area (Å²) in [5.74, 6) is -0.325. The zero-order chi connectivity index (χ0) is 15.7. The summed E-state index contributed by atoms with van der Waals surface area (Å²) in [5, 5.41) is 1.35. The second-order valence-electron chi connectivity index (χ2n) is 4.47. The number of esters is 1. The van der Waals surface area contributed by atoms with E-state index in [-0.39, 0.29) is 16.3 Å². The van der Waals surface area contributed by atoms with E-state index in [4.69, 9.17) is 32.4 Å². The SMILES string of the molecule is O=C(Oc1ccc2ccc(=O)oc2c1)c1ccc(Cl)c(Cl)c1. The molecule has 6 heteroatoms. The van der Waals surface area contributed by atoms with Crippen molar-refractivity contribution in [1.29, 1.82) is 0 Å². The maximum absolute atomic E-state index is 12.1. The third-order valence-corrected chi connectivity index (χ3v) is 3.70. The predicted octanol–water partition coefficient (Wildman–Crippen LogP) is 4.32. The van der Waals surface area contributed by atoms with Gasteiger partial charge in [0.05, 0.1) is 15.6 Å². The molecule has 0 fully saturated rings. The van der Waals surface area contributed by atoms with Crippen molar-refractivity contribution >= 4 is 40.1 Å². The summed E-state index contributed by atoms with van der Waals surface area (Å²) in [6.07, 6.45) is 0. The van der Waals surface area contributed by atoms with Gasteiger partial charge in [0, 0.05) is 17.5 Å². The van der Waals surface area contributed by atoms with Gasteiger partial charge >= 0.3 is 11.6 Å². The predicted molar refractivity (Wildman–Crippen MR) is 83.9 cm³/mol. The summed E-state index contributed by atoms with van der Waals surface area (Å²) in [6.45, 7) is 0. The molecule has 0 radical (unpaired) electrons. The molecule has 0 N–H and O–H groups in total. The lowest BCUT2D eigenvalue weighted by molar-refractivity contribution is 0.0735. The van der Waals surface area contributed by atoms with Crippen LogP contribution in [0.5, 0.6) is 5.75 Å². The van der Waals surface area contributed by atoms with Gasteiger partial charge in [0.1, 0.15) is 11.3 Å². The lowest BCUT2D eigenvalue weighted by atomic mass is 10.2. The van der Waals surface area contributed by atoms with Gasteiger partial charge in [-0.15, -0.1) is 0 Å². The third kappa shape index (κ3) is 2.98. The quantitative estimate of drug-likeness (QED) is 0.398. The van der Waals surface area contributed by atoms with Gasteiger partial charge in [-0.05, 0) is 36.4 Å². The Morgan fingerprint density at radius 1 is 0.955 bits per heavy atom. The van der Waals surface area contributed by atoms with Crippen molar-refractivity contribution in [2.24, 2.45) is 0 Å². The van der Waals surface area contributed by atoms with Crippen molar-refractivity contribution in [3.63, 3.8) is 0 Å². The first-order chi connectivity index (χ1) is 10.5. The fourth-order valence-electron chi connectivity index (χ4n) is 1.89. The molecule has 0 saturated heterocycles. The standard InChI is InChI=1S/C16H8Cl2O4/c17-12-5-2-10(7-13(12)18)16(20)21-11-4-1-9-3-6-15(19)22-14(9)8-11/h1-8H. The number of hydrogen-bond donors (Lipinski definition) is 0. The Morgan fingerprint density at radius 2 is 1.73 bits per heavy atom. The highest BCUT2D eigenvalue weighted by Crippen LogP contribution is 2.24. The van der Waals surface area contributed by atoms with Crippen LogP contribution in [0.1, 0.15) is 10.4 Å². The molecule has 0 aliphatic rings. The Hall–Kier alpha value is -2.30. The maximum atomic E-state index is 12.1. The second kappa shape index (κ2) is 5.83. The Balaban J connectivity index is 1.90. The highest BCUT2D eigenvalue weighted by atomic mass is 35.5. The van der Waals surface area contributed by atoms with Crippen molar-refractivity contribution in [2.75, 3.05) is 0 Å². The first kappa shape index (κ1) is 14.6. The molecule has 2 aromatic carbocycles. The number of halogens is 2. The minimum Gasteiger partial charge on any atom is -0.423 e. The molecule has 4 nitrogen and oxygen atoms in total. The molecule has 0 spiro atoms. The van der Waals surface area contributed by atoms with Crippen LogP contribution in [0.3, 0.4) is 0 Å². The Kier molecular flexibility index (Phi) is 3.88. The monoisotopic (exact) mass is 334 g/mol. The van der Waals surface area contributed by atoms with Gasteiger partial charge in [0.2, 0.25) is 0 Å². The minimum atomic E-state index is -0.587. The maximum Gasteiger partial charge on any atom is 0.343 e. The highest BCUT2D eigenvalue weighted by Gasteiger charge is 2.11. The lowest BCUT2D eigenvalue weighted by Gasteiger charge is -2.06. The van der Waals surface area contributed by atoms with Crippen LogP contribution >= 0.6 is 23.2 Å². The number of fused-ring (bicyclic) bond motifs is 1. The number of carbonyl (C=O) groups is 1. The number of carbonyl (C=O) groups excluding carboxylic acids is 1. The smallest absolute Gasteiger partial charge is 0.343 e. The van der Waals surface area contributed by atoms with Crippen molar-refractivity contribution in [2.45, 2.75) is 0 Å². The summed E-state index contributed by atoms with van der Waals surface area (Å²) in [7, 11) is 0. The zero-order valence-corrected chi connectivity index (χ0v) is 12.5. The number of rotatable bonds is 2. The van der Waals surface area contributed by atoms with E-state index in [2.05, 4.69) is 0 Å². The summed E-state index contributed by atoms with van der Waals surface area (Å²) < 4.78 is 10.3. The Morgan fingerprint density at radius 3 is 2.50 bits per heavy atom. The van der Waals surface area contributed by atoms with Crippen molar-refractivity contribution in [3.8, 4) is 5.75 Å². The molecule has 3 aromatic rings. The normalized spacial score (nSPS) is 10.6. The molecule has 22 heavy (non-hydrogen) atoms. The van der Waals surface area contributed by atoms with Crippen molar-refractivity contribution < 1.29 is 13.9 Å². The molecule has 0 saturated carbocycles. The third-order valence-electron chi connectivity index (χ3n) is 2.96. The van der Waals surface area contributed by atoms with Crippen LogP contribution in [-0.4, -0.2) is 5.97 Å². The topological polar surface area (TPSA) is 56.5 Å². The zero-order valence-electron chi connectivity index (χ0n) is 11.0. The lowest BCUT2D eigenvalue weighted by Crippen LogP contribution is -2.08. The van der Waals surface area contributed by atoms with Gasteiger partial charge in [-0.3, -0.25) is 0 Å².